The van der Waals surface area contributed by atoms with Crippen LogP contribution in [0, 0.1) is 0 Å². The summed E-state index contributed by atoms with van der Waals surface area (Å²) in [6.45, 7) is 0.620. The Kier molecular flexibility index (Phi) is 5.79. The van der Waals surface area contributed by atoms with E-state index in [1.54, 1.807) is 14.2 Å². The van der Waals surface area contributed by atoms with Crippen LogP contribution >= 0.6 is 43.5 Å². The summed E-state index contributed by atoms with van der Waals surface area (Å²) in [6.07, 6.45) is 0. The molecule has 0 aromatic heterocycles. The van der Waals surface area contributed by atoms with Gasteiger partial charge in [0.25, 0.3) is 0 Å². The highest BCUT2D eigenvalue weighted by atomic mass is 79.9. The quantitative estimate of drug-likeness (QED) is 0.673. The molecule has 0 bridgehead atoms. The third kappa shape index (κ3) is 4.05. The van der Waals surface area contributed by atoms with Gasteiger partial charge in [-0.2, -0.15) is 0 Å². The molecule has 6 heteroatoms. The van der Waals surface area contributed by atoms with Crippen molar-refractivity contribution in [3.63, 3.8) is 0 Å². The first-order chi connectivity index (χ1) is 10.0. The second kappa shape index (κ2) is 7.38. The molecule has 0 saturated carbocycles. The van der Waals surface area contributed by atoms with Gasteiger partial charge in [0.2, 0.25) is 0 Å². The van der Waals surface area contributed by atoms with Crippen LogP contribution < -0.4 is 14.8 Å². The highest BCUT2D eigenvalue weighted by Crippen LogP contribution is 2.36. The van der Waals surface area contributed by atoms with Crippen LogP contribution in [0.1, 0.15) is 5.56 Å². The van der Waals surface area contributed by atoms with E-state index in [0.29, 0.717) is 23.1 Å². The standard InChI is InChI=1S/C15H14Br2ClNO2/c1-20-14-6-9(5-11(17)15(14)21-2)8-19-13-7-10(16)3-4-12(13)18/h3-7,19H,8H2,1-2H3. The molecule has 0 saturated heterocycles. The van der Waals surface area contributed by atoms with Gasteiger partial charge in [-0.05, 0) is 51.8 Å². The van der Waals surface area contributed by atoms with Crippen LogP contribution in [-0.4, -0.2) is 14.2 Å². The summed E-state index contributed by atoms with van der Waals surface area (Å²) in [5.41, 5.74) is 1.92. The Balaban J connectivity index is 2.20. The summed E-state index contributed by atoms with van der Waals surface area (Å²) in [7, 11) is 3.23. The molecular weight excluding hydrogens is 421 g/mol. The zero-order valence-corrected chi connectivity index (χ0v) is 15.5. The van der Waals surface area contributed by atoms with Gasteiger partial charge in [-0.3, -0.25) is 0 Å². The highest BCUT2D eigenvalue weighted by Gasteiger charge is 2.10. The number of methoxy groups -OCH3 is 2. The van der Waals surface area contributed by atoms with Crippen molar-refractivity contribution in [2.75, 3.05) is 19.5 Å². The normalized spacial score (nSPS) is 10.3. The van der Waals surface area contributed by atoms with Crippen molar-refractivity contribution in [1.82, 2.24) is 0 Å². The van der Waals surface area contributed by atoms with E-state index >= 15 is 0 Å². The fourth-order valence-corrected chi connectivity index (χ4v) is 3.10. The highest BCUT2D eigenvalue weighted by molar-refractivity contribution is 9.10. The van der Waals surface area contributed by atoms with Gasteiger partial charge >= 0.3 is 0 Å². The Hall–Kier alpha value is -0.910. The number of ether oxygens (including phenoxy) is 2. The zero-order chi connectivity index (χ0) is 15.4. The topological polar surface area (TPSA) is 30.5 Å². The van der Waals surface area contributed by atoms with Crippen LogP contribution in [0.3, 0.4) is 0 Å². The van der Waals surface area contributed by atoms with Crippen molar-refractivity contribution >= 4 is 49.1 Å². The van der Waals surface area contributed by atoms with Crippen molar-refractivity contribution in [2.24, 2.45) is 0 Å². The van der Waals surface area contributed by atoms with E-state index in [0.717, 1.165) is 20.2 Å². The lowest BCUT2D eigenvalue weighted by Crippen LogP contribution is -2.01. The maximum atomic E-state index is 6.16. The first-order valence-electron chi connectivity index (χ1n) is 6.14. The summed E-state index contributed by atoms with van der Waals surface area (Å²) in [5.74, 6) is 1.37. The van der Waals surface area contributed by atoms with Crippen LogP contribution in [0.25, 0.3) is 0 Å². The molecule has 0 amide bonds. The number of anilines is 1. The monoisotopic (exact) mass is 433 g/mol. The lowest BCUT2D eigenvalue weighted by Gasteiger charge is -2.13. The molecule has 2 rings (SSSR count). The molecule has 2 aromatic rings. The second-order valence-corrected chi connectivity index (χ2v) is 6.47. The fraction of sp³-hybridized carbons (Fsp3) is 0.200. The van der Waals surface area contributed by atoms with E-state index in [-0.39, 0.29) is 0 Å². The van der Waals surface area contributed by atoms with Gasteiger partial charge in [0, 0.05) is 11.0 Å². The summed E-state index contributed by atoms with van der Waals surface area (Å²) in [5, 5.41) is 3.99. The van der Waals surface area contributed by atoms with E-state index in [4.69, 9.17) is 21.1 Å². The molecule has 0 atom stereocenters. The lowest BCUT2D eigenvalue weighted by molar-refractivity contribution is 0.352. The SMILES string of the molecule is COc1cc(CNc2cc(Br)ccc2Cl)cc(Br)c1OC. The maximum Gasteiger partial charge on any atom is 0.174 e. The maximum absolute atomic E-state index is 6.16. The van der Waals surface area contributed by atoms with Gasteiger partial charge in [-0.15, -0.1) is 0 Å². The smallest absolute Gasteiger partial charge is 0.174 e. The van der Waals surface area contributed by atoms with Crippen LogP contribution in [0.2, 0.25) is 5.02 Å². The number of hydrogen-bond acceptors (Lipinski definition) is 3. The van der Waals surface area contributed by atoms with Crippen LogP contribution in [0.15, 0.2) is 39.3 Å². The van der Waals surface area contributed by atoms with E-state index in [9.17, 15) is 0 Å². The number of hydrogen-bond donors (Lipinski definition) is 1. The zero-order valence-electron chi connectivity index (χ0n) is 11.5. The van der Waals surface area contributed by atoms with Crippen molar-refractivity contribution in [1.29, 1.82) is 0 Å². The molecular formula is C15H14Br2ClNO2. The number of benzene rings is 2. The molecule has 21 heavy (non-hydrogen) atoms. The van der Waals surface area contributed by atoms with Gasteiger partial charge in [-0.25, -0.2) is 0 Å². The van der Waals surface area contributed by atoms with Gasteiger partial charge in [0.1, 0.15) is 0 Å². The molecule has 0 heterocycles. The molecule has 0 aliphatic carbocycles. The third-order valence-corrected chi connectivity index (χ3v) is 4.32. The predicted molar refractivity (Wildman–Crippen MR) is 93.7 cm³/mol. The molecule has 0 aliphatic rings. The second-order valence-electron chi connectivity index (χ2n) is 4.29. The Morgan fingerprint density at radius 3 is 2.52 bits per heavy atom. The molecule has 1 N–H and O–H groups in total. The fourth-order valence-electron chi connectivity index (χ4n) is 1.90. The Morgan fingerprint density at radius 1 is 1.10 bits per heavy atom. The summed E-state index contributed by atoms with van der Waals surface area (Å²) < 4.78 is 12.5. The van der Waals surface area contributed by atoms with Gasteiger partial charge < -0.3 is 14.8 Å². The number of halogens is 3. The first-order valence-corrected chi connectivity index (χ1v) is 8.11. The molecule has 0 spiro atoms. The number of nitrogens with one attached hydrogen (secondary N) is 1. The van der Waals surface area contributed by atoms with Gasteiger partial charge in [0.15, 0.2) is 11.5 Å². The molecule has 112 valence electrons. The molecule has 0 fully saturated rings. The van der Waals surface area contributed by atoms with Crippen LogP contribution in [0.5, 0.6) is 11.5 Å². The minimum atomic E-state index is 0.620. The Bertz CT molecular complexity index is 650. The molecule has 2 aromatic carbocycles. The van der Waals surface area contributed by atoms with Crippen LogP contribution in [0.4, 0.5) is 5.69 Å². The van der Waals surface area contributed by atoms with Crippen molar-refractivity contribution in [2.45, 2.75) is 6.54 Å². The van der Waals surface area contributed by atoms with E-state index in [1.807, 2.05) is 30.3 Å². The van der Waals surface area contributed by atoms with Crippen molar-refractivity contribution in [3.05, 3.63) is 49.9 Å². The molecule has 0 radical (unpaired) electrons. The molecule has 0 unspecified atom stereocenters. The van der Waals surface area contributed by atoms with E-state index in [1.165, 1.54) is 0 Å². The molecule has 0 aliphatic heterocycles. The molecule has 3 nitrogen and oxygen atoms in total. The largest absolute Gasteiger partial charge is 0.493 e. The van der Waals surface area contributed by atoms with Crippen molar-refractivity contribution < 1.29 is 9.47 Å². The first kappa shape index (κ1) is 16.5. The van der Waals surface area contributed by atoms with E-state index < -0.39 is 0 Å². The minimum Gasteiger partial charge on any atom is -0.493 e. The van der Waals surface area contributed by atoms with Gasteiger partial charge in [-0.1, -0.05) is 27.5 Å². The Morgan fingerprint density at radius 2 is 1.86 bits per heavy atom. The number of rotatable bonds is 5. The lowest BCUT2D eigenvalue weighted by atomic mass is 10.2. The minimum absolute atomic E-state index is 0.620. The van der Waals surface area contributed by atoms with Crippen molar-refractivity contribution in [3.8, 4) is 11.5 Å². The average molecular weight is 436 g/mol. The van der Waals surface area contributed by atoms with Gasteiger partial charge in [0.05, 0.1) is 29.4 Å². The predicted octanol–water partition coefficient (Wildman–Crippen LogP) is 5.49. The average Bonchev–Trinajstić information content (AvgIpc) is 2.47. The summed E-state index contributed by atoms with van der Waals surface area (Å²) in [6, 6.07) is 9.61. The third-order valence-electron chi connectivity index (χ3n) is 2.90. The summed E-state index contributed by atoms with van der Waals surface area (Å²) in [4.78, 5) is 0. The Labute approximate surface area is 145 Å². The van der Waals surface area contributed by atoms with Crippen LogP contribution in [-0.2, 0) is 6.54 Å². The van der Waals surface area contributed by atoms with E-state index in [2.05, 4.69) is 37.2 Å². The summed E-state index contributed by atoms with van der Waals surface area (Å²) >= 11 is 13.1.